The molecule has 0 atom stereocenters. The van der Waals surface area contributed by atoms with Crippen LogP contribution in [0.4, 0.5) is 0 Å². The van der Waals surface area contributed by atoms with Crippen LogP contribution in [-0.2, 0) is 10.0 Å². The van der Waals surface area contributed by atoms with Gasteiger partial charge in [-0.2, -0.15) is 5.26 Å². The molecule has 0 bridgehead atoms. The van der Waals surface area contributed by atoms with E-state index >= 15 is 0 Å². The van der Waals surface area contributed by atoms with Crippen molar-refractivity contribution in [1.29, 1.82) is 5.26 Å². The minimum atomic E-state index is -3.64. The Balaban J connectivity index is 1.65. The van der Waals surface area contributed by atoms with Crippen LogP contribution in [-0.4, -0.2) is 28.5 Å². The van der Waals surface area contributed by atoms with Crippen LogP contribution in [0, 0.1) is 18.3 Å². The van der Waals surface area contributed by atoms with Gasteiger partial charge in [0.15, 0.2) is 0 Å². The summed E-state index contributed by atoms with van der Waals surface area (Å²) in [6.45, 7) is 3.77. The molecule has 0 spiro atoms. The maximum atomic E-state index is 12.6. The van der Waals surface area contributed by atoms with E-state index in [4.69, 9.17) is 0 Å². The first-order valence-electron chi connectivity index (χ1n) is 9.62. The van der Waals surface area contributed by atoms with Gasteiger partial charge < -0.3 is 4.57 Å². The number of aryl methyl sites for hydroxylation is 1. The van der Waals surface area contributed by atoms with Gasteiger partial charge >= 0.3 is 0 Å². The lowest BCUT2D eigenvalue weighted by Crippen LogP contribution is -2.34. The molecule has 1 saturated carbocycles. The minimum absolute atomic E-state index is 0.112. The lowest BCUT2D eigenvalue weighted by atomic mass is 10.1. The summed E-state index contributed by atoms with van der Waals surface area (Å²) in [7, 11) is -3.64. The van der Waals surface area contributed by atoms with E-state index < -0.39 is 10.0 Å². The van der Waals surface area contributed by atoms with Crippen molar-refractivity contribution in [3.63, 3.8) is 0 Å². The molecule has 1 fully saturated rings. The largest absolute Gasteiger partial charge is 0.305 e. The predicted molar refractivity (Wildman–Crippen MR) is 114 cm³/mol. The van der Waals surface area contributed by atoms with Crippen molar-refractivity contribution in [1.82, 2.24) is 19.3 Å². The smallest absolute Gasteiger partial charge is 0.242 e. The van der Waals surface area contributed by atoms with Crippen molar-refractivity contribution in [2.45, 2.75) is 37.1 Å². The Morgan fingerprint density at radius 1 is 1.23 bits per heavy atom. The number of aromatic nitrogens is 3. The predicted octanol–water partition coefficient (Wildman–Crippen LogP) is 3.52. The molecule has 8 heteroatoms. The molecule has 0 aliphatic heterocycles. The van der Waals surface area contributed by atoms with Gasteiger partial charge in [0, 0.05) is 28.5 Å². The summed E-state index contributed by atoms with van der Waals surface area (Å²) in [5.74, 6) is 0. The average molecular weight is 417 g/mol. The molecule has 7 nitrogen and oxygen atoms in total. The highest BCUT2D eigenvalue weighted by molar-refractivity contribution is 7.89. The number of fused-ring (bicyclic) bond motifs is 1. The lowest BCUT2D eigenvalue weighted by Gasteiger charge is -2.15. The highest BCUT2D eigenvalue weighted by Gasteiger charge is 2.41. The fraction of sp³-hybridized carbons (Fsp3) is 0.227. The number of hydrogen-bond acceptors (Lipinski definition) is 5. The van der Waals surface area contributed by atoms with Gasteiger partial charge in [0.1, 0.15) is 11.0 Å². The van der Waals surface area contributed by atoms with E-state index in [2.05, 4.69) is 20.8 Å². The topological polar surface area (TPSA) is 101 Å². The Hall–Kier alpha value is -3.28. The van der Waals surface area contributed by atoms with E-state index in [1.807, 2.05) is 42.7 Å². The first-order valence-corrected chi connectivity index (χ1v) is 11.1. The second-order valence-corrected chi connectivity index (χ2v) is 9.69. The van der Waals surface area contributed by atoms with Gasteiger partial charge in [-0.1, -0.05) is 6.08 Å². The summed E-state index contributed by atoms with van der Waals surface area (Å²) in [4.78, 5) is 8.93. The SMILES string of the molecule is Cc1cc2c(C#N)c(-c3ccc(S(=O)(=O)NC4(C)CC4)cn3)n(C3=CC=C3)c2cn1. The van der Waals surface area contributed by atoms with E-state index in [0.29, 0.717) is 17.0 Å². The molecule has 3 heterocycles. The number of nitrogens with one attached hydrogen (secondary N) is 1. The molecule has 3 aromatic rings. The molecule has 150 valence electrons. The molecular weight excluding hydrogens is 398 g/mol. The Labute approximate surface area is 174 Å². The van der Waals surface area contributed by atoms with Crippen molar-refractivity contribution in [3.8, 4) is 17.5 Å². The summed E-state index contributed by atoms with van der Waals surface area (Å²) in [6, 6.07) is 7.37. The standard InChI is InChI=1S/C22H19N5O2S/c1-14-10-17-18(11-23)21(27(15-4-3-5-15)20(17)13-24-14)19-7-6-16(12-25-19)30(28,29)26-22(2)8-9-22/h3-7,10,12-13,26H,8-9H2,1-2H3. The van der Waals surface area contributed by atoms with Gasteiger partial charge in [-0.3, -0.25) is 9.97 Å². The molecule has 2 aliphatic rings. The highest BCUT2D eigenvalue weighted by atomic mass is 32.2. The quantitative estimate of drug-likeness (QED) is 0.684. The summed E-state index contributed by atoms with van der Waals surface area (Å²) >= 11 is 0. The van der Waals surface area contributed by atoms with Gasteiger partial charge in [0.05, 0.1) is 28.7 Å². The van der Waals surface area contributed by atoms with E-state index in [-0.39, 0.29) is 10.4 Å². The molecule has 5 rings (SSSR count). The van der Waals surface area contributed by atoms with Gasteiger partial charge in [0.25, 0.3) is 0 Å². The number of nitriles is 1. The maximum absolute atomic E-state index is 12.6. The first kappa shape index (κ1) is 18.7. The maximum Gasteiger partial charge on any atom is 0.242 e. The zero-order chi connectivity index (χ0) is 21.1. The number of rotatable bonds is 5. The fourth-order valence-corrected chi connectivity index (χ4v) is 5.01. The van der Waals surface area contributed by atoms with Crippen molar-refractivity contribution in [2.75, 3.05) is 0 Å². The third-order valence-corrected chi connectivity index (χ3v) is 7.19. The fourth-order valence-electron chi connectivity index (χ4n) is 3.60. The minimum Gasteiger partial charge on any atom is -0.305 e. The average Bonchev–Trinajstić information content (AvgIpc) is 3.30. The number of pyridine rings is 2. The van der Waals surface area contributed by atoms with Gasteiger partial charge in [-0.15, -0.1) is 0 Å². The number of nitrogens with zero attached hydrogens (tertiary/aromatic N) is 4. The van der Waals surface area contributed by atoms with Crippen LogP contribution in [0.25, 0.3) is 28.0 Å². The Morgan fingerprint density at radius 2 is 2.00 bits per heavy atom. The number of allylic oxidation sites excluding steroid dienone is 4. The van der Waals surface area contributed by atoms with E-state index in [0.717, 1.165) is 35.1 Å². The molecule has 2 aliphatic carbocycles. The summed E-state index contributed by atoms with van der Waals surface area (Å²) in [6.07, 6.45) is 10.6. The van der Waals surface area contributed by atoms with E-state index in [9.17, 15) is 13.7 Å². The van der Waals surface area contributed by atoms with Crippen LogP contribution in [0.3, 0.4) is 0 Å². The van der Waals surface area contributed by atoms with E-state index in [1.165, 1.54) is 12.3 Å². The van der Waals surface area contributed by atoms with Gasteiger partial charge in [-0.25, -0.2) is 13.1 Å². The summed E-state index contributed by atoms with van der Waals surface area (Å²) < 4.78 is 29.9. The van der Waals surface area contributed by atoms with Crippen LogP contribution in [0.2, 0.25) is 0 Å². The zero-order valence-electron chi connectivity index (χ0n) is 16.5. The van der Waals surface area contributed by atoms with Crippen LogP contribution in [0.1, 0.15) is 31.0 Å². The first-order chi connectivity index (χ1) is 14.3. The molecule has 0 saturated heterocycles. The van der Waals surface area contributed by atoms with Gasteiger partial charge in [0.2, 0.25) is 10.0 Å². The van der Waals surface area contributed by atoms with Crippen LogP contribution in [0.5, 0.6) is 0 Å². The van der Waals surface area contributed by atoms with E-state index in [1.54, 1.807) is 12.3 Å². The third-order valence-electron chi connectivity index (χ3n) is 5.56. The van der Waals surface area contributed by atoms with Crippen molar-refractivity contribution < 1.29 is 8.42 Å². The number of hydrogen-bond donors (Lipinski definition) is 1. The van der Waals surface area contributed by atoms with Crippen LogP contribution >= 0.6 is 0 Å². The third kappa shape index (κ3) is 2.95. The Kier molecular flexibility index (Phi) is 3.97. The molecule has 0 unspecified atom stereocenters. The van der Waals surface area contributed by atoms with Gasteiger partial charge in [-0.05, 0) is 57.0 Å². The molecule has 0 aromatic carbocycles. The molecule has 3 aromatic heterocycles. The number of sulfonamides is 1. The second-order valence-electron chi connectivity index (χ2n) is 8.01. The van der Waals surface area contributed by atoms with Crippen molar-refractivity contribution >= 4 is 26.6 Å². The molecule has 0 amide bonds. The summed E-state index contributed by atoms with van der Waals surface area (Å²) in [5.41, 5.74) is 3.83. The Morgan fingerprint density at radius 3 is 2.57 bits per heavy atom. The van der Waals surface area contributed by atoms with Crippen LogP contribution < -0.4 is 4.72 Å². The molecule has 0 radical (unpaired) electrons. The highest BCUT2D eigenvalue weighted by Crippen LogP contribution is 2.38. The monoisotopic (exact) mass is 417 g/mol. The van der Waals surface area contributed by atoms with Crippen LogP contribution in [0.15, 0.2) is 53.7 Å². The second kappa shape index (κ2) is 6.36. The van der Waals surface area contributed by atoms with Crippen molar-refractivity contribution in [2.24, 2.45) is 0 Å². The molecular formula is C22H19N5O2S. The van der Waals surface area contributed by atoms with Crippen molar-refractivity contribution in [3.05, 3.63) is 60.1 Å². The molecule has 30 heavy (non-hydrogen) atoms. The lowest BCUT2D eigenvalue weighted by molar-refractivity contribution is 0.557. The Bertz CT molecular complexity index is 1400. The zero-order valence-corrected chi connectivity index (χ0v) is 17.4. The molecule has 1 N–H and O–H groups in total. The normalized spacial score (nSPS) is 16.8. The summed E-state index contributed by atoms with van der Waals surface area (Å²) in [5, 5.41) is 10.7.